The summed E-state index contributed by atoms with van der Waals surface area (Å²) in [7, 11) is 0. The number of rotatable bonds is 5. The van der Waals surface area contributed by atoms with Crippen LogP contribution in [0.5, 0.6) is 5.75 Å². The number of nitrogens with zero attached hydrogens (tertiary/aromatic N) is 1. The minimum absolute atomic E-state index is 0.0366. The zero-order valence-electron chi connectivity index (χ0n) is 11.0. The van der Waals surface area contributed by atoms with Gasteiger partial charge in [0.25, 0.3) is 5.69 Å². The van der Waals surface area contributed by atoms with E-state index < -0.39 is 4.92 Å². The maximum atomic E-state index is 10.5. The second-order valence-electron chi connectivity index (χ2n) is 4.15. The lowest BCUT2D eigenvalue weighted by atomic mass is 10.2. The highest BCUT2D eigenvalue weighted by molar-refractivity contribution is 8.13. The number of hydrogen-bond acceptors (Lipinski definition) is 5. The largest absolute Gasteiger partial charge is 0.489 e. The minimum atomic E-state index is -0.434. The van der Waals surface area contributed by atoms with E-state index in [1.165, 1.54) is 23.9 Å². The van der Waals surface area contributed by atoms with Crippen molar-refractivity contribution in [1.82, 2.24) is 0 Å². The summed E-state index contributed by atoms with van der Waals surface area (Å²) in [5.41, 5.74) is 6.21. The summed E-state index contributed by atoms with van der Waals surface area (Å²) >= 11 is 1.17. The molecule has 2 rings (SSSR count). The number of amidine groups is 1. The molecule has 2 aromatic carbocycles. The Bertz CT molecular complexity index is 642. The highest BCUT2D eigenvalue weighted by atomic mass is 32.2. The van der Waals surface area contributed by atoms with Crippen molar-refractivity contribution in [2.24, 2.45) is 5.73 Å². The van der Waals surface area contributed by atoms with Crippen molar-refractivity contribution >= 4 is 22.6 Å². The molecule has 0 amide bonds. The van der Waals surface area contributed by atoms with E-state index >= 15 is 0 Å². The number of nitro benzene ring substituents is 1. The Morgan fingerprint density at radius 3 is 2.33 bits per heavy atom. The molecule has 0 heterocycles. The van der Waals surface area contributed by atoms with Crippen LogP contribution in [0.4, 0.5) is 5.69 Å². The van der Waals surface area contributed by atoms with E-state index in [0.717, 1.165) is 10.5 Å². The SMILES string of the molecule is N=C(N)Sc1ccc(OCc2ccc([N+](=O)[O-])cc2)cc1. The van der Waals surface area contributed by atoms with Gasteiger partial charge in [-0.3, -0.25) is 15.5 Å². The zero-order chi connectivity index (χ0) is 15.2. The van der Waals surface area contributed by atoms with Crippen molar-refractivity contribution in [1.29, 1.82) is 5.41 Å². The van der Waals surface area contributed by atoms with Gasteiger partial charge in [-0.15, -0.1) is 0 Å². The Labute approximate surface area is 125 Å². The molecule has 0 saturated carbocycles. The number of ether oxygens (including phenoxy) is 1. The van der Waals surface area contributed by atoms with Crippen LogP contribution in [0.25, 0.3) is 0 Å². The van der Waals surface area contributed by atoms with Crippen molar-refractivity contribution in [3.05, 3.63) is 64.2 Å². The van der Waals surface area contributed by atoms with Crippen LogP contribution in [0.3, 0.4) is 0 Å². The van der Waals surface area contributed by atoms with Crippen LogP contribution >= 0.6 is 11.8 Å². The van der Waals surface area contributed by atoms with Crippen LogP contribution in [0.15, 0.2) is 53.4 Å². The van der Waals surface area contributed by atoms with Crippen molar-refractivity contribution < 1.29 is 9.66 Å². The molecular weight excluding hydrogens is 290 g/mol. The van der Waals surface area contributed by atoms with Gasteiger partial charge in [0.05, 0.1) is 4.92 Å². The predicted octanol–water partition coefficient (Wildman–Crippen LogP) is 3.16. The third kappa shape index (κ3) is 4.50. The molecule has 6 nitrogen and oxygen atoms in total. The number of non-ortho nitro benzene ring substituents is 1. The molecule has 0 unspecified atom stereocenters. The molecule has 7 heteroatoms. The van der Waals surface area contributed by atoms with Crippen molar-refractivity contribution in [2.45, 2.75) is 11.5 Å². The lowest BCUT2D eigenvalue weighted by Crippen LogP contribution is -2.02. The van der Waals surface area contributed by atoms with Gasteiger partial charge in [0.2, 0.25) is 0 Å². The second kappa shape index (κ2) is 6.76. The fraction of sp³-hybridized carbons (Fsp3) is 0.0714. The van der Waals surface area contributed by atoms with Crippen molar-refractivity contribution in [3.63, 3.8) is 0 Å². The van der Waals surface area contributed by atoms with E-state index in [1.807, 2.05) is 12.1 Å². The number of nitrogens with two attached hydrogens (primary N) is 1. The van der Waals surface area contributed by atoms with Gasteiger partial charge in [0.1, 0.15) is 12.4 Å². The highest BCUT2D eigenvalue weighted by Gasteiger charge is 2.04. The molecule has 0 aliphatic rings. The third-order valence-corrected chi connectivity index (χ3v) is 3.33. The van der Waals surface area contributed by atoms with Gasteiger partial charge in [-0.25, -0.2) is 0 Å². The van der Waals surface area contributed by atoms with Gasteiger partial charge >= 0.3 is 0 Å². The normalized spacial score (nSPS) is 10.1. The van der Waals surface area contributed by atoms with E-state index in [2.05, 4.69) is 0 Å². The highest BCUT2D eigenvalue weighted by Crippen LogP contribution is 2.21. The molecule has 0 bridgehead atoms. The number of benzene rings is 2. The van der Waals surface area contributed by atoms with E-state index in [-0.39, 0.29) is 10.9 Å². The first-order valence-corrected chi connectivity index (χ1v) is 6.84. The molecule has 0 saturated heterocycles. The summed E-state index contributed by atoms with van der Waals surface area (Å²) in [6.07, 6.45) is 0. The Balaban J connectivity index is 1.93. The quantitative estimate of drug-likeness (QED) is 0.290. The van der Waals surface area contributed by atoms with Crippen molar-refractivity contribution in [2.75, 3.05) is 0 Å². The lowest BCUT2D eigenvalue weighted by molar-refractivity contribution is -0.384. The Morgan fingerprint density at radius 2 is 1.81 bits per heavy atom. The topological polar surface area (TPSA) is 102 Å². The van der Waals surface area contributed by atoms with E-state index in [1.54, 1.807) is 24.3 Å². The fourth-order valence-electron chi connectivity index (χ4n) is 1.61. The summed E-state index contributed by atoms with van der Waals surface area (Å²) in [5.74, 6) is 0.682. The maximum Gasteiger partial charge on any atom is 0.269 e. The van der Waals surface area contributed by atoms with Gasteiger partial charge in [-0.05, 0) is 42.0 Å². The van der Waals surface area contributed by atoms with Gasteiger partial charge in [-0.2, -0.15) is 0 Å². The van der Waals surface area contributed by atoms with E-state index in [4.69, 9.17) is 15.9 Å². The van der Waals surface area contributed by atoms with Crippen LogP contribution in [0.1, 0.15) is 5.56 Å². The number of hydrogen-bond donors (Lipinski definition) is 2. The molecule has 21 heavy (non-hydrogen) atoms. The van der Waals surface area contributed by atoms with Gasteiger partial charge in [0.15, 0.2) is 5.17 Å². The zero-order valence-corrected chi connectivity index (χ0v) is 11.8. The van der Waals surface area contributed by atoms with Crippen molar-refractivity contribution in [3.8, 4) is 5.75 Å². The van der Waals surface area contributed by atoms with Crippen LogP contribution < -0.4 is 10.5 Å². The Kier molecular flexibility index (Phi) is 4.78. The van der Waals surface area contributed by atoms with Gasteiger partial charge in [-0.1, -0.05) is 11.8 Å². The first kappa shape index (κ1) is 14.9. The first-order valence-electron chi connectivity index (χ1n) is 6.02. The fourth-order valence-corrected chi connectivity index (χ4v) is 2.14. The molecule has 0 fully saturated rings. The molecule has 0 radical (unpaired) electrons. The Morgan fingerprint density at radius 1 is 1.19 bits per heavy atom. The minimum Gasteiger partial charge on any atom is -0.489 e. The molecular formula is C14H13N3O3S. The summed E-state index contributed by atoms with van der Waals surface area (Å²) in [5, 5.41) is 17.8. The molecule has 3 N–H and O–H groups in total. The molecule has 0 spiro atoms. The molecule has 0 aromatic heterocycles. The summed E-state index contributed by atoms with van der Waals surface area (Å²) in [6, 6.07) is 13.4. The number of nitrogens with one attached hydrogen (secondary N) is 1. The monoisotopic (exact) mass is 303 g/mol. The number of thioether (sulfide) groups is 1. The predicted molar refractivity (Wildman–Crippen MR) is 81.6 cm³/mol. The average molecular weight is 303 g/mol. The molecule has 0 aliphatic carbocycles. The summed E-state index contributed by atoms with van der Waals surface area (Å²) in [4.78, 5) is 11.0. The lowest BCUT2D eigenvalue weighted by Gasteiger charge is -2.07. The van der Waals surface area contributed by atoms with E-state index in [0.29, 0.717) is 12.4 Å². The third-order valence-electron chi connectivity index (χ3n) is 2.60. The molecule has 0 atom stereocenters. The van der Waals surface area contributed by atoms with E-state index in [9.17, 15) is 10.1 Å². The maximum absolute atomic E-state index is 10.5. The van der Waals surface area contributed by atoms with Crippen LogP contribution in [0.2, 0.25) is 0 Å². The van der Waals surface area contributed by atoms with Gasteiger partial charge < -0.3 is 10.5 Å². The molecule has 0 aliphatic heterocycles. The Hall–Kier alpha value is -2.54. The standard InChI is InChI=1S/C14H13N3O3S/c15-14(16)21-13-7-5-12(6-8-13)20-9-10-1-3-11(4-2-10)17(18)19/h1-8H,9H2,(H3,15,16). The molecule has 2 aromatic rings. The summed E-state index contributed by atoms with van der Waals surface area (Å²) in [6.45, 7) is 0.331. The second-order valence-corrected chi connectivity index (χ2v) is 5.27. The molecule has 108 valence electrons. The first-order chi connectivity index (χ1) is 10.0. The summed E-state index contributed by atoms with van der Waals surface area (Å²) < 4.78 is 5.59. The van der Waals surface area contributed by atoms with Gasteiger partial charge in [0, 0.05) is 17.0 Å². The smallest absolute Gasteiger partial charge is 0.269 e. The van der Waals surface area contributed by atoms with Crippen LogP contribution in [-0.2, 0) is 6.61 Å². The average Bonchev–Trinajstić information content (AvgIpc) is 2.46. The van der Waals surface area contributed by atoms with Crippen LogP contribution in [-0.4, -0.2) is 10.1 Å². The van der Waals surface area contributed by atoms with Crippen LogP contribution in [0, 0.1) is 15.5 Å². The number of nitro groups is 1.